The lowest BCUT2D eigenvalue weighted by molar-refractivity contribution is 0.459. The van der Waals surface area contributed by atoms with Crippen molar-refractivity contribution in [1.29, 1.82) is 0 Å². The molecule has 1 aromatic heterocycles. The fraction of sp³-hybridized carbons (Fsp3) is 0.182. The van der Waals surface area contributed by atoms with Gasteiger partial charge in [0.15, 0.2) is 5.75 Å². The van der Waals surface area contributed by atoms with Gasteiger partial charge in [-0.2, -0.15) is 0 Å². The number of aryl methyl sites for hydroxylation is 2. The topological polar surface area (TPSA) is 42.2 Å². The second-order valence-electron chi connectivity index (χ2n) is 3.50. The number of aromatic hydroxyl groups is 1. The van der Waals surface area contributed by atoms with Crippen LogP contribution in [0.5, 0.6) is 5.75 Å². The van der Waals surface area contributed by atoms with E-state index in [-0.39, 0.29) is 11.3 Å². The van der Waals surface area contributed by atoms with Crippen molar-refractivity contribution in [2.24, 2.45) is 7.05 Å². The summed E-state index contributed by atoms with van der Waals surface area (Å²) in [5, 5.41) is 10.5. The van der Waals surface area contributed by atoms with E-state index < -0.39 is 0 Å². The maximum Gasteiger partial charge on any atom is 0.293 e. The van der Waals surface area contributed by atoms with Gasteiger partial charge < -0.3 is 9.67 Å². The second kappa shape index (κ2) is 3.38. The van der Waals surface area contributed by atoms with Gasteiger partial charge in [0.1, 0.15) is 0 Å². The maximum absolute atomic E-state index is 11.6. The largest absolute Gasteiger partial charge is 0.503 e. The molecule has 3 nitrogen and oxygen atoms in total. The molecule has 0 saturated heterocycles. The molecule has 0 fully saturated rings. The van der Waals surface area contributed by atoms with Crippen molar-refractivity contribution in [2.45, 2.75) is 6.92 Å². The summed E-state index contributed by atoms with van der Waals surface area (Å²) in [5.41, 5.74) is 1.08. The third kappa shape index (κ3) is 1.45. The molecule has 0 bridgehead atoms. The highest BCUT2D eigenvalue weighted by Crippen LogP contribution is 2.25. The number of nitrogens with zero attached hydrogens (tertiary/aromatic N) is 1. The van der Waals surface area contributed by atoms with Crippen LogP contribution in [-0.4, -0.2) is 9.67 Å². The standard InChI is InChI=1S/C11H10BrNO2/c1-6-8-5-7(12)3-4-9(8)13(2)11(15)10(6)14/h3-5,14H,1-2H3. The van der Waals surface area contributed by atoms with E-state index in [1.165, 1.54) is 4.57 Å². The van der Waals surface area contributed by atoms with E-state index in [1.54, 1.807) is 14.0 Å². The van der Waals surface area contributed by atoms with Gasteiger partial charge >= 0.3 is 0 Å². The van der Waals surface area contributed by atoms with Gasteiger partial charge in [-0.3, -0.25) is 4.79 Å². The van der Waals surface area contributed by atoms with Crippen molar-refractivity contribution >= 4 is 26.8 Å². The normalized spacial score (nSPS) is 10.9. The van der Waals surface area contributed by atoms with Crippen molar-refractivity contribution in [2.75, 3.05) is 0 Å². The van der Waals surface area contributed by atoms with Crippen molar-refractivity contribution in [3.63, 3.8) is 0 Å². The average Bonchev–Trinajstić information content (AvgIpc) is 2.23. The highest BCUT2D eigenvalue weighted by molar-refractivity contribution is 9.10. The first kappa shape index (κ1) is 10.2. The first-order valence-electron chi connectivity index (χ1n) is 4.50. The molecule has 1 N–H and O–H groups in total. The zero-order valence-corrected chi connectivity index (χ0v) is 10.00. The van der Waals surface area contributed by atoms with Crippen LogP contribution in [0.4, 0.5) is 0 Å². The summed E-state index contributed by atoms with van der Waals surface area (Å²) < 4.78 is 2.38. The van der Waals surface area contributed by atoms with Gasteiger partial charge in [0, 0.05) is 22.5 Å². The van der Waals surface area contributed by atoms with Crippen LogP contribution in [0.15, 0.2) is 27.5 Å². The van der Waals surface area contributed by atoms with Gasteiger partial charge in [-0.25, -0.2) is 0 Å². The lowest BCUT2D eigenvalue weighted by Crippen LogP contribution is -2.17. The minimum Gasteiger partial charge on any atom is -0.503 e. The molecule has 0 spiro atoms. The second-order valence-corrected chi connectivity index (χ2v) is 4.41. The Balaban J connectivity index is 3.07. The van der Waals surface area contributed by atoms with Crippen LogP contribution in [0, 0.1) is 6.92 Å². The predicted octanol–water partition coefficient (Wildman–Crippen LogP) is 2.32. The molecule has 0 amide bonds. The zero-order valence-electron chi connectivity index (χ0n) is 8.41. The third-order valence-corrected chi connectivity index (χ3v) is 3.08. The smallest absolute Gasteiger partial charge is 0.293 e. The molecule has 15 heavy (non-hydrogen) atoms. The van der Waals surface area contributed by atoms with Crippen LogP contribution in [0.3, 0.4) is 0 Å². The Morgan fingerprint density at radius 3 is 2.73 bits per heavy atom. The van der Waals surface area contributed by atoms with Crippen LogP contribution < -0.4 is 5.56 Å². The van der Waals surface area contributed by atoms with Gasteiger partial charge in [-0.1, -0.05) is 15.9 Å². The third-order valence-electron chi connectivity index (χ3n) is 2.59. The molecule has 0 aliphatic carbocycles. The highest BCUT2D eigenvalue weighted by Gasteiger charge is 2.10. The van der Waals surface area contributed by atoms with E-state index >= 15 is 0 Å². The number of hydrogen-bond donors (Lipinski definition) is 1. The van der Waals surface area contributed by atoms with Gasteiger partial charge in [-0.15, -0.1) is 0 Å². The highest BCUT2D eigenvalue weighted by atomic mass is 79.9. The number of fused-ring (bicyclic) bond motifs is 1. The van der Waals surface area contributed by atoms with Crippen molar-refractivity contribution in [3.05, 3.63) is 38.6 Å². The Bertz CT molecular complexity index is 602. The summed E-state index contributed by atoms with van der Waals surface area (Å²) >= 11 is 3.37. The summed E-state index contributed by atoms with van der Waals surface area (Å²) in [6.45, 7) is 1.74. The van der Waals surface area contributed by atoms with Crippen molar-refractivity contribution < 1.29 is 5.11 Å². The summed E-state index contributed by atoms with van der Waals surface area (Å²) in [5.74, 6) is -0.178. The predicted molar refractivity (Wildman–Crippen MR) is 63.3 cm³/mol. The van der Waals surface area contributed by atoms with E-state index in [9.17, 15) is 9.90 Å². The molecule has 0 aliphatic heterocycles. The summed E-state index contributed by atoms with van der Waals surface area (Å²) in [6.07, 6.45) is 0. The zero-order chi connectivity index (χ0) is 11.2. The lowest BCUT2D eigenvalue weighted by atomic mass is 10.1. The number of rotatable bonds is 0. The first-order valence-corrected chi connectivity index (χ1v) is 5.29. The molecule has 4 heteroatoms. The van der Waals surface area contributed by atoms with E-state index in [2.05, 4.69) is 15.9 Å². The number of hydrogen-bond acceptors (Lipinski definition) is 2. The number of pyridine rings is 1. The Morgan fingerprint density at radius 1 is 1.40 bits per heavy atom. The van der Waals surface area contributed by atoms with E-state index in [0.29, 0.717) is 5.56 Å². The molecule has 2 aromatic rings. The number of aromatic nitrogens is 1. The van der Waals surface area contributed by atoms with Gasteiger partial charge in [0.2, 0.25) is 0 Å². The molecule has 0 unspecified atom stereocenters. The van der Waals surface area contributed by atoms with Crippen LogP contribution in [-0.2, 0) is 7.05 Å². The van der Waals surface area contributed by atoms with Gasteiger partial charge in [0.25, 0.3) is 5.56 Å². The number of halogens is 1. The van der Waals surface area contributed by atoms with Crippen LogP contribution in [0.1, 0.15) is 5.56 Å². The summed E-state index contributed by atoms with van der Waals surface area (Å²) in [7, 11) is 1.65. The molecule has 0 atom stereocenters. The molecular weight excluding hydrogens is 258 g/mol. The van der Waals surface area contributed by atoms with Crippen LogP contribution >= 0.6 is 15.9 Å². The molecule has 1 heterocycles. The van der Waals surface area contributed by atoms with E-state index in [1.807, 2.05) is 18.2 Å². The average molecular weight is 268 g/mol. The fourth-order valence-corrected chi connectivity index (χ4v) is 2.02. The molecule has 0 radical (unpaired) electrons. The Hall–Kier alpha value is -1.29. The van der Waals surface area contributed by atoms with Crippen molar-refractivity contribution in [3.8, 4) is 5.75 Å². The first-order chi connectivity index (χ1) is 7.02. The molecule has 2 rings (SSSR count). The Labute approximate surface area is 95.1 Å². The molecule has 78 valence electrons. The maximum atomic E-state index is 11.6. The summed E-state index contributed by atoms with van der Waals surface area (Å²) in [4.78, 5) is 11.6. The Kier molecular flexibility index (Phi) is 2.31. The van der Waals surface area contributed by atoms with Gasteiger partial charge in [-0.05, 0) is 25.1 Å². The lowest BCUT2D eigenvalue weighted by Gasteiger charge is -2.09. The summed E-state index contributed by atoms with van der Waals surface area (Å²) in [6, 6.07) is 5.62. The van der Waals surface area contributed by atoms with Gasteiger partial charge in [0.05, 0.1) is 5.52 Å². The van der Waals surface area contributed by atoms with E-state index in [4.69, 9.17) is 0 Å². The van der Waals surface area contributed by atoms with Crippen LogP contribution in [0.25, 0.3) is 10.9 Å². The molecule has 0 saturated carbocycles. The SMILES string of the molecule is Cc1c(O)c(=O)n(C)c2ccc(Br)cc12. The monoisotopic (exact) mass is 267 g/mol. The molecular formula is C11H10BrNO2. The fourth-order valence-electron chi connectivity index (χ4n) is 1.66. The number of benzene rings is 1. The molecule has 1 aromatic carbocycles. The Morgan fingerprint density at radius 2 is 2.07 bits per heavy atom. The quantitative estimate of drug-likeness (QED) is 0.796. The van der Waals surface area contributed by atoms with E-state index in [0.717, 1.165) is 15.4 Å². The minimum absolute atomic E-state index is 0.178. The minimum atomic E-state index is -0.359. The van der Waals surface area contributed by atoms with Crippen molar-refractivity contribution in [1.82, 2.24) is 4.57 Å². The molecule has 0 aliphatic rings. The van der Waals surface area contributed by atoms with Crippen LogP contribution in [0.2, 0.25) is 0 Å².